The Morgan fingerprint density at radius 3 is 2.50 bits per heavy atom. The van der Waals surface area contributed by atoms with Gasteiger partial charge in [0.15, 0.2) is 0 Å². The van der Waals surface area contributed by atoms with Gasteiger partial charge in [0, 0.05) is 18.1 Å². The molecule has 1 aliphatic rings. The van der Waals surface area contributed by atoms with Gasteiger partial charge >= 0.3 is 6.36 Å². The van der Waals surface area contributed by atoms with Gasteiger partial charge in [0.1, 0.15) is 12.0 Å². The monoisotopic (exact) mass is 383 g/mol. The van der Waals surface area contributed by atoms with Gasteiger partial charge < -0.3 is 9.53 Å². The fourth-order valence-corrected chi connectivity index (χ4v) is 3.62. The maximum absolute atomic E-state index is 12.2. The highest BCUT2D eigenvalue weighted by Crippen LogP contribution is 2.39. The normalized spacial score (nSPS) is 17.2. The zero-order valence-electron chi connectivity index (χ0n) is 14.0. The largest absolute Gasteiger partial charge is 0.573 e. The number of aldehydes is 1. The number of carbonyl (C=O) groups is 1. The number of halogens is 4. The lowest BCUT2D eigenvalue weighted by atomic mass is 10.0. The van der Waals surface area contributed by atoms with Gasteiger partial charge in [-0.2, -0.15) is 0 Å². The molecule has 26 heavy (non-hydrogen) atoms. The topological polar surface area (TPSA) is 29.5 Å². The predicted molar refractivity (Wildman–Crippen MR) is 92.0 cm³/mol. The van der Waals surface area contributed by atoms with Crippen molar-refractivity contribution in [1.82, 2.24) is 4.90 Å². The zero-order valence-corrected chi connectivity index (χ0v) is 14.8. The van der Waals surface area contributed by atoms with Crippen LogP contribution in [-0.4, -0.2) is 17.5 Å². The van der Waals surface area contributed by atoms with Crippen LogP contribution in [0.2, 0.25) is 5.02 Å². The van der Waals surface area contributed by atoms with Crippen LogP contribution in [0.1, 0.15) is 35.2 Å². The first-order chi connectivity index (χ1) is 12.3. The van der Waals surface area contributed by atoms with Crippen LogP contribution in [0, 0.1) is 0 Å². The zero-order chi connectivity index (χ0) is 18.9. The average Bonchev–Trinajstić information content (AvgIpc) is 2.92. The molecule has 3 rings (SSSR count). The SMILES string of the molecule is CCc1cc(Cl)c2c(c1)CN(Cc1ccc(OC(F)(F)F)cc1)C2C=O. The van der Waals surface area contributed by atoms with Crippen LogP contribution >= 0.6 is 11.6 Å². The van der Waals surface area contributed by atoms with E-state index < -0.39 is 12.4 Å². The minimum Gasteiger partial charge on any atom is -0.406 e. The van der Waals surface area contributed by atoms with Crippen LogP contribution in [0.25, 0.3) is 0 Å². The van der Waals surface area contributed by atoms with Crippen LogP contribution in [-0.2, 0) is 24.3 Å². The number of carbonyl (C=O) groups excluding carboxylic acids is 1. The van der Waals surface area contributed by atoms with Crippen LogP contribution < -0.4 is 4.74 Å². The van der Waals surface area contributed by atoms with Crippen LogP contribution in [0.15, 0.2) is 36.4 Å². The maximum Gasteiger partial charge on any atom is 0.573 e. The molecule has 1 unspecified atom stereocenters. The summed E-state index contributed by atoms with van der Waals surface area (Å²) in [6.07, 6.45) is -3.02. The third-order valence-corrected chi connectivity index (χ3v) is 4.73. The second-order valence-corrected chi connectivity index (χ2v) is 6.59. The highest BCUT2D eigenvalue weighted by atomic mass is 35.5. The van der Waals surface area contributed by atoms with E-state index in [9.17, 15) is 18.0 Å². The molecule has 0 amide bonds. The first-order valence-electron chi connectivity index (χ1n) is 8.16. The number of ether oxygens (including phenoxy) is 1. The maximum atomic E-state index is 12.2. The Morgan fingerprint density at radius 2 is 1.92 bits per heavy atom. The third kappa shape index (κ3) is 4.02. The second kappa shape index (κ2) is 7.29. The average molecular weight is 384 g/mol. The smallest absolute Gasteiger partial charge is 0.406 e. The molecule has 0 aromatic heterocycles. The summed E-state index contributed by atoms with van der Waals surface area (Å²) in [6.45, 7) is 3.02. The first kappa shape index (κ1) is 18.7. The Balaban J connectivity index is 1.78. The van der Waals surface area contributed by atoms with Gasteiger partial charge in [-0.1, -0.05) is 36.7 Å². The molecule has 0 N–H and O–H groups in total. The third-order valence-electron chi connectivity index (χ3n) is 4.42. The number of nitrogens with zero attached hydrogens (tertiary/aromatic N) is 1. The van der Waals surface area contributed by atoms with Crippen LogP contribution in [0.5, 0.6) is 5.75 Å². The summed E-state index contributed by atoms with van der Waals surface area (Å²) >= 11 is 6.37. The molecule has 3 nitrogen and oxygen atoms in total. The number of fused-ring (bicyclic) bond motifs is 1. The van der Waals surface area contributed by atoms with E-state index in [2.05, 4.69) is 10.8 Å². The molecule has 138 valence electrons. The Hall–Kier alpha value is -2.05. The minimum atomic E-state index is -4.71. The lowest BCUT2D eigenvalue weighted by molar-refractivity contribution is -0.274. The van der Waals surface area contributed by atoms with Crippen molar-refractivity contribution in [3.63, 3.8) is 0 Å². The van der Waals surface area contributed by atoms with E-state index in [1.165, 1.54) is 12.1 Å². The van der Waals surface area contributed by atoms with Gasteiger partial charge in [-0.3, -0.25) is 4.90 Å². The highest BCUT2D eigenvalue weighted by Gasteiger charge is 2.33. The Bertz CT molecular complexity index is 806. The van der Waals surface area contributed by atoms with Crippen molar-refractivity contribution in [3.8, 4) is 5.75 Å². The van der Waals surface area contributed by atoms with Crippen molar-refractivity contribution in [2.75, 3.05) is 0 Å². The van der Waals surface area contributed by atoms with Gasteiger partial charge in [0.25, 0.3) is 0 Å². The lowest BCUT2D eigenvalue weighted by Crippen LogP contribution is -2.22. The molecule has 0 spiro atoms. The molecule has 2 aromatic rings. The quantitative estimate of drug-likeness (QED) is 0.676. The van der Waals surface area contributed by atoms with Crippen LogP contribution in [0.3, 0.4) is 0 Å². The second-order valence-electron chi connectivity index (χ2n) is 6.18. The number of alkyl halides is 3. The molecule has 0 bridgehead atoms. The Kier molecular flexibility index (Phi) is 5.25. The molecule has 2 aromatic carbocycles. The van der Waals surface area contributed by atoms with E-state index in [1.807, 2.05) is 17.9 Å². The molecule has 0 fully saturated rings. The van der Waals surface area contributed by atoms with Crippen molar-refractivity contribution < 1.29 is 22.7 Å². The minimum absolute atomic E-state index is 0.270. The molecule has 7 heteroatoms. The number of aryl methyl sites for hydroxylation is 1. The summed E-state index contributed by atoms with van der Waals surface area (Å²) in [5.41, 5.74) is 3.72. The number of benzene rings is 2. The van der Waals surface area contributed by atoms with E-state index >= 15 is 0 Å². The Labute approximate surface area is 154 Å². The van der Waals surface area contributed by atoms with Gasteiger partial charge in [0.2, 0.25) is 0 Å². The predicted octanol–water partition coefficient (Wildman–Crippen LogP) is 5.06. The number of hydrogen-bond acceptors (Lipinski definition) is 3. The summed E-state index contributed by atoms with van der Waals surface area (Å²) in [7, 11) is 0. The summed E-state index contributed by atoms with van der Waals surface area (Å²) in [6, 6.07) is 9.13. The standard InChI is InChI=1S/C19H17ClF3NO2/c1-2-12-7-14-10-24(17(11-25)18(14)16(20)8-12)9-13-3-5-15(6-4-13)26-19(21,22)23/h3-8,11,17H,2,9-10H2,1H3. The molecule has 1 heterocycles. The Morgan fingerprint density at radius 1 is 1.23 bits per heavy atom. The molecular formula is C19H17ClF3NO2. The van der Waals surface area contributed by atoms with E-state index in [0.717, 1.165) is 35.0 Å². The van der Waals surface area contributed by atoms with Crippen molar-refractivity contribution in [2.24, 2.45) is 0 Å². The van der Waals surface area contributed by atoms with E-state index in [4.69, 9.17) is 11.6 Å². The molecule has 1 atom stereocenters. The summed E-state index contributed by atoms with van der Waals surface area (Å²) in [5.74, 6) is -0.270. The number of rotatable bonds is 5. The molecule has 1 aliphatic heterocycles. The van der Waals surface area contributed by atoms with Crippen molar-refractivity contribution in [2.45, 2.75) is 38.8 Å². The fourth-order valence-electron chi connectivity index (χ4n) is 3.24. The summed E-state index contributed by atoms with van der Waals surface area (Å²) in [5, 5.41) is 0.577. The van der Waals surface area contributed by atoms with Gasteiger partial charge in [-0.05, 0) is 46.9 Å². The van der Waals surface area contributed by atoms with Crippen molar-refractivity contribution in [1.29, 1.82) is 0 Å². The molecule has 0 aliphatic carbocycles. The first-order valence-corrected chi connectivity index (χ1v) is 8.53. The highest BCUT2D eigenvalue weighted by molar-refractivity contribution is 6.31. The van der Waals surface area contributed by atoms with E-state index in [-0.39, 0.29) is 5.75 Å². The van der Waals surface area contributed by atoms with Gasteiger partial charge in [0.05, 0.1) is 6.04 Å². The van der Waals surface area contributed by atoms with Gasteiger partial charge in [-0.15, -0.1) is 13.2 Å². The van der Waals surface area contributed by atoms with Crippen LogP contribution in [0.4, 0.5) is 13.2 Å². The van der Waals surface area contributed by atoms with E-state index in [0.29, 0.717) is 18.1 Å². The molecule has 0 radical (unpaired) electrons. The van der Waals surface area contributed by atoms with Crippen molar-refractivity contribution in [3.05, 3.63) is 63.7 Å². The molecular weight excluding hydrogens is 367 g/mol. The van der Waals surface area contributed by atoms with E-state index in [1.54, 1.807) is 12.1 Å². The molecule has 0 saturated heterocycles. The van der Waals surface area contributed by atoms with Gasteiger partial charge in [-0.25, -0.2) is 0 Å². The fraction of sp³-hybridized carbons (Fsp3) is 0.316. The lowest BCUT2D eigenvalue weighted by Gasteiger charge is -2.21. The molecule has 0 saturated carbocycles. The number of hydrogen-bond donors (Lipinski definition) is 0. The summed E-state index contributed by atoms with van der Waals surface area (Å²) in [4.78, 5) is 13.6. The van der Waals surface area contributed by atoms with Crippen molar-refractivity contribution >= 4 is 17.9 Å². The summed E-state index contributed by atoms with van der Waals surface area (Å²) < 4.78 is 40.6.